The van der Waals surface area contributed by atoms with Gasteiger partial charge in [-0.05, 0) is 51.3 Å². The number of oxime groups is 1. The maximum absolute atomic E-state index is 8.53. The van der Waals surface area contributed by atoms with Crippen molar-refractivity contribution in [2.45, 2.75) is 6.61 Å². The molecule has 0 aromatic heterocycles. The van der Waals surface area contributed by atoms with Gasteiger partial charge in [-0.15, -0.1) is 0 Å². The van der Waals surface area contributed by atoms with Crippen LogP contribution in [0.25, 0.3) is 0 Å². The van der Waals surface area contributed by atoms with E-state index in [1.807, 2.05) is 6.07 Å². The molecule has 0 fully saturated rings. The van der Waals surface area contributed by atoms with E-state index in [9.17, 15) is 0 Å². The normalized spacial score (nSPS) is 11.0. The lowest BCUT2D eigenvalue weighted by molar-refractivity contribution is 0.304. The first kappa shape index (κ1) is 16.4. The summed E-state index contributed by atoms with van der Waals surface area (Å²) in [6, 6.07) is 8.63. The second kappa shape index (κ2) is 7.36. The molecular formula is C14H9BrCl3NO2. The molecule has 7 heteroatoms. The van der Waals surface area contributed by atoms with Gasteiger partial charge in [0.2, 0.25) is 0 Å². The maximum atomic E-state index is 8.53. The van der Waals surface area contributed by atoms with Gasteiger partial charge in [0.15, 0.2) is 5.75 Å². The Balaban J connectivity index is 2.18. The zero-order valence-corrected chi connectivity index (χ0v) is 14.3. The summed E-state index contributed by atoms with van der Waals surface area (Å²) in [5.74, 6) is 0.498. The lowest BCUT2D eigenvalue weighted by Gasteiger charge is -2.11. The van der Waals surface area contributed by atoms with Crippen molar-refractivity contribution in [1.82, 2.24) is 0 Å². The summed E-state index contributed by atoms with van der Waals surface area (Å²) in [6.45, 7) is 0.294. The third kappa shape index (κ3) is 4.27. The van der Waals surface area contributed by atoms with Crippen LogP contribution in [0, 0.1) is 0 Å². The smallest absolute Gasteiger partial charge is 0.152 e. The quantitative estimate of drug-likeness (QED) is 0.394. The summed E-state index contributed by atoms with van der Waals surface area (Å²) in [7, 11) is 0. The van der Waals surface area contributed by atoms with E-state index in [0.29, 0.717) is 37.5 Å². The van der Waals surface area contributed by atoms with E-state index in [2.05, 4.69) is 21.1 Å². The molecule has 0 aliphatic carbocycles. The Labute approximate surface area is 145 Å². The predicted molar refractivity (Wildman–Crippen MR) is 89.3 cm³/mol. The standard InChI is InChI=1S/C14H9BrCl3NO2/c15-10-3-9(6-19-20)5-13(18)14(10)21-7-8-1-2-11(16)12(17)4-8/h1-6,20H,7H2/b19-6-. The minimum Gasteiger partial charge on any atom is -0.486 e. The van der Waals surface area contributed by atoms with Crippen molar-refractivity contribution in [1.29, 1.82) is 0 Å². The number of nitrogens with zero attached hydrogens (tertiary/aromatic N) is 1. The Morgan fingerprint density at radius 1 is 1.10 bits per heavy atom. The Morgan fingerprint density at radius 3 is 2.48 bits per heavy atom. The molecule has 0 saturated carbocycles. The van der Waals surface area contributed by atoms with Gasteiger partial charge in [0.1, 0.15) is 6.61 Å². The maximum Gasteiger partial charge on any atom is 0.152 e. The Kier molecular flexibility index (Phi) is 5.76. The fourth-order valence-corrected chi connectivity index (χ4v) is 2.95. The molecular weight excluding hydrogens is 400 g/mol. The zero-order chi connectivity index (χ0) is 15.4. The second-order valence-electron chi connectivity index (χ2n) is 4.10. The molecule has 0 radical (unpaired) electrons. The first-order valence-electron chi connectivity index (χ1n) is 5.74. The molecule has 0 heterocycles. The average Bonchev–Trinajstić information content (AvgIpc) is 2.42. The Bertz CT molecular complexity index is 669. The van der Waals surface area contributed by atoms with Crippen molar-refractivity contribution in [3.63, 3.8) is 0 Å². The molecule has 110 valence electrons. The summed E-state index contributed by atoms with van der Waals surface area (Å²) >= 11 is 21.3. The molecule has 0 saturated heterocycles. The molecule has 0 atom stereocenters. The number of ether oxygens (including phenoxy) is 1. The van der Waals surface area contributed by atoms with Crippen LogP contribution < -0.4 is 4.74 Å². The highest BCUT2D eigenvalue weighted by molar-refractivity contribution is 9.10. The molecule has 21 heavy (non-hydrogen) atoms. The first-order chi connectivity index (χ1) is 10.0. The summed E-state index contributed by atoms with van der Waals surface area (Å²) < 4.78 is 6.35. The largest absolute Gasteiger partial charge is 0.486 e. The van der Waals surface area contributed by atoms with E-state index in [1.165, 1.54) is 6.21 Å². The van der Waals surface area contributed by atoms with Gasteiger partial charge in [-0.2, -0.15) is 0 Å². The minimum absolute atomic E-state index is 0.294. The fourth-order valence-electron chi connectivity index (χ4n) is 1.64. The lowest BCUT2D eigenvalue weighted by atomic mass is 10.2. The molecule has 0 unspecified atom stereocenters. The third-order valence-corrected chi connectivity index (χ3v) is 4.20. The van der Waals surface area contributed by atoms with Crippen molar-refractivity contribution in [3.05, 3.63) is 61.0 Å². The van der Waals surface area contributed by atoms with Crippen LogP contribution in [0.1, 0.15) is 11.1 Å². The molecule has 2 aromatic carbocycles. The highest BCUT2D eigenvalue weighted by Gasteiger charge is 2.10. The number of hydrogen-bond acceptors (Lipinski definition) is 3. The Morgan fingerprint density at radius 2 is 1.86 bits per heavy atom. The SMILES string of the molecule is O/N=C\c1cc(Cl)c(OCc2ccc(Cl)c(Cl)c2)c(Br)c1. The Hall–Kier alpha value is -0.940. The molecule has 0 aliphatic heterocycles. The highest BCUT2D eigenvalue weighted by atomic mass is 79.9. The van der Waals surface area contributed by atoms with Gasteiger partial charge in [-0.1, -0.05) is 46.0 Å². The fraction of sp³-hybridized carbons (Fsp3) is 0.0714. The van der Waals surface area contributed by atoms with Crippen molar-refractivity contribution >= 4 is 56.9 Å². The van der Waals surface area contributed by atoms with Crippen LogP contribution in [0.15, 0.2) is 40.0 Å². The van der Waals surface area contributed by atoms with Crippen molar-refractivity contribution in [2.75, 3.05) is 0 Å². The van der Waals surface area contributed by atoms with E-state index < -0.39 is 0 Å². The third-order valence-electron chi connectivity index (χ3n) is 2.59. The summed E-state index contributed by atoms with van der Waals surface area (Å²) in [4.78, 5) is 0. The van der Waals surface area contributed by atoms with E-state index >= 15 is 0 Å². The minimum atomic E-state index is 0.294. The van der Waals surface area contributed by atoms with Gasteiger partial charge in [-0.3, -0.25) is 0 Å². The molecule has 3 nitrogen and oxygen atoms in total. The van der Waals surface area contributed by atoms with E-state index in [-0.39, 0.29) is 0 Å². The van der Waals surface area contributed by atoms with Gasteiger partial charge in [0.25, 0.3) is 0 Å². The zero-order valence-electron chi connectivity index (χ0n) is 10.5. The van der Waals surface area contributed by atoms with Crippen molar-refractivity contribution < 1.29 is 9.94 Å². The van der Waals surface area contributed by atoms with Gasteiger partial charge >= 0.3 is 0 Å². The monoisotopic (exact) mass is 407 g/mol. The van der Waals surface area contributed by atoms with Crippen LogP contribution in [0.4, 0.5) is 0 Å². The predicted octanol–water partition coefficient (Wildman–Crippen LogP) is 5.80. The summed E-state index contributed by atoms with van der Waals surface area (Å²) in [6.07, 6.45) is 1.28. The van der Waals surface area contributed by atoms with Crippen molar-refractivity contribution in [3.8, 4) is 5.75 Å². The topological polar surface area (TPSA) is 41.8 Å². The number of halogens is 4. The van der Waals surface area contributed by atoms with Gasteiger partial charge in [0.05, 0.1) is 25.8 Å². The van der Waals surface area contributed by atoms with Crippen LogP contribution in [0.2, 0.25) is 15.1 Å². The van der Waals surface area contributed by atoms with Gasteiger partial charge in [0, 0.05) is 0 Å². The van der Waals surface area contributed by atoms with Crippen LogP contribution in [-0.4, -0.2) is 11.4 Å². The average molecular weight is 409 g/mol. The lowest BCUT2D eigenvalue weighted by Crippen LogP contribution is -1.98. The number of rotatable bonds is 4. The number of hydrogen-bond donors (Lipinski definition) is 1. The van der Waals surface area contributed by atoms with Gasteiger partial charge in [-0.25, -0.2) is 0 Å². The van der Waals surface area contributed by atoms with Crippen LogP contribution in [0.3, 0.4) is 0 Å². The molecule has 0 amide bonds. The van der Waals surface area contributed by atoms with Gasteiger partial charge < -0.3 is 9.94 Å². The summed E-state index contributed by atoms with van der Waals surface area (Å²) in [5.41, 5.74) is 1.52. The molecule has 0 aliphatic rings. The van der Waals surface area contributed by atoms with Crippen LogP contribution in [-0.2, 0) is 6.61 Å². The first-order valence-corrected chi connectivity index (χ1v) is 7.67. The molecule has 0 bridgehead atoms. The molecule has 1 N–H and O–H groups in total. The van der Waals surface area contributed by atoms with E-state index in [4.69, 9.17) is 44.7 Å². The van der Waals surface area contributed by atoms with E-state index in [0.717, 1.165) is 5.56 Å². The molecule has 2 rings (SSSR count). The molecule has 0 spiro atoms. The summed E-state index contributed by atoms with van der Waals surface area (Å²) in [5, 5.41) is 12.8. The number of benzene rings is 2. The second-order valence-corrected chi connectivity index (χ2v) is 6.17. The van der Waals surface area contributed by atoms with E-state index in [1.54, 1.807) is 24.3 Å². The van der Waals surface area contributed by atoms with Crippen LogP contribution >= 0.6 is 50.7 Å². The highest BCUT2D eigenvalue weighted by Crippen LogP contribution is 2.35. The van der Waals surface area contributed by atoms with Crippen LogP contribution in [0.5, 0.6) is 5.75 Å². The van der Waals surface area contributed by atoms with Crippen molar-refractivity contribution in [2.24, 2.45) is 5.16 Å². The molecule has 2 aromatic rings.